The highest BCUT2D eigenvalue weighted by Gasteiger charge is 2.49. The van der Waals surface area contributed by atoms with E-state index in [1.807, 2.05) is 6.08 Å². The number of fused-ring (bicyclic) bond motifs is 1. The number of allylic oxidation sites excluding steroid dienone is 1. The van der Waals surface area contributed by atoms with Crippen molar-refractivity contribution < 1.29 is 5.11 Å². The van der Waals surface area contributed by atoms with E-state index in [-0.39, 0.29) is 11.5 Å². The molecular formula is C18H31NO. The van der Waals surface area contributed by atoms with Gasteiger partial charge in [0.05, 0.1) is 6.10 Å². The van der Waals surface area contributed by atoms with Crippen LogP contribution in [0.4, 0.5) is 0 Å². The summed E-state index contributed by atoms with van der Waals surface area (Å²) in [6.07, 6.45) is 9.63. The van der Waals surface area contributed by atoms with E-state index in [0.29, 0.717) is 12.0 Å². The highest BCUT2D eigenvalue weighted by molar-refractivity contribution is 5.28. The molecular weight excluding hydrogens is 246 g/mol. The lowest BCUT2D eigenvalue weighted by Gasteiger charge is -2.52. The zero-order valence-electron chi connectivity index (χ0n) is 13.4. The van der Waals surface area contributed by atoms with Crippen LogP contribution in [0.2, 0.25) is 0 Å². The van der Waals surface area contributed by atoms with Crippen molar-refractivity contribution in [3.8, 4) is 0 Å². The van der Waals surface area contributed by atoms with Crippen LogP contribution in [0.25, 0.3) is 0 Å². The number of hydrogen-bond acceptors (Lipinski definition) is 2. The number of nitrogens with zero attached hydrogens (tertiary/aromatic N) is 1. The lowest BCUT2D eigenvalue weighted by atomic mass is 9.56. The fourth-order valence-electron chi connectivity index (χ4n) is 4.60. The Morgan fingerprint density at radius 1 is 1.45 bits per heavy atom. The fraction of sp³-hybridized carbons (Fsp3) is 0.778. The van der Waals surface area contributed by atoms with Gasteiger partial charge in [-0.15, -0.1) is 6.58 Å². The minimum atomic E-state index is -0.187. The average Bonchev–Trinajstić information content (AvgIpc) is 2.43. The zero-order valence-corrected chi connectivity index (χ0v) is 13.4. The third kappa shape index (κ3) is 2.48. The Morgan fingerprint density at radius 3 is 2.75 bits per heavy atom. The van der Waals surface area contributed by atoms with E-state index in [0.717, 1.165) is 45.2 Å². The minimum Gasteiger partial charge on any atom is -0.392 e. The Hall–Kier alpha value is -0.600. The van der Waals surface area contributed by atoms with Gasteiger partial charge in [-0.3, -0.25) is 4.90 Å². The van der Waals surface area contributed by atoms with E-state index in [2.05, 4.69) is 38.3 Å². The van der Waals surface area contributed by atoms with E-state index in [1.165, 1.54) is 5.57 Å². The largest absolute Gasteiger partial charge is 0.392 e. The molecule has 0 heterocycles. The van der Waals surface area contributed by atoms with Gasteiger partial charge in [0.2, 0.25) is 0 Å². The summed E-state index contributed by atoms with van der Waals surface area (Å²) in [4.78, 5) is 2.54. The van der Waals surface area contributed by atoms with Crippen molar-refractivity contribution in [3.63, 3.8) is 0 Å². The third-order valence-electron chi connectivity index (χ3n) is 5.75. The number of rotatable bonds is 5. The van der Waals surface area contributed by atoms with Gasteiger partial charge in [0.1, 0.15) is 0 Å². The van der Waals surface area contributed by atoms with Crippen molar-refractivity contribution in [1.29, 1.82) is 0 Å². The van der Waals surface area contributed by atoms with Gasteiger partial charge in [-0.25, -0.2) is 0 Å². The van der Waals surface area contributed by atoms with Crippen LogP contribution < -0.4 is 0 Å². The van der Waals surface area contributed by atoms with E-state index in [1.54, 1.807) is 0 Å². The van der Waals surface area contributed by atoms with Crippen LogP contribution in [-0.4, -0.2) is 35.2 Å². The van der Waals surface area contributed by atoms with Crippen LogP contribution >= 0.6 is 0 Å². The van der Waals surface area contributed by atoms with Crippen molar-refractivity contribution in [2.45, 2.75) is 65.0 Å². The Kier molecular flexibility index (Phi) is 5.09. The molecule has 0 aromatic heterocycles. The Morgan fingerprint density at radius 2 is 2.15 bits per heavy atom. The monoisotopic (exact) mass is 277 g/mol. The van der Waals surface area contributed by atoms with Gasteiger partial charge in [-0.2, -0.15) is 0 Å². The van der Waals surface area contributed by atoms with Crippen LogP contribution in [0.1, 0.15) is 52.9 Å². The van der Waals surface area contributed by atoms with E-state index in [4.69, 9.17) is 0 Å². The quantitative estimate of drug-likeness (QED) is 0.773. The summed E-state index contributed by atoms with van der Waals surface area (Å²) in [6.45, 7) is 13.0. The predicted molar refractivity (Wildman–Crippen MR) is 85.7 cm³/mol. The molecule has 2 aliphatic carbocycles. The Bertz CT molecular complexity index is 372. The lowest BCUT2D eigenvalue weighted by Crippen LogP contribution is -2.50. The maximum atomic E-state index is 10.7. The molecule has 4 atom stereocenters. The summed E-state index contributed by atoms with van der Waals surface area (Å²) in [5.41, 5.74) is 1.48. The molecule has 2 heteroatoms. The van der Waals surface area contributed by atoms with Gasteiger partial charge in [0, 0.05) is 11.5 Å². The van der Waals surface area contributed by atoms with E-state index < -0.39 is 0 Å². The normalized spacial score (nSPS) is 37.5. The van der Waals surface area contributed by atoms with E-state index in [9.17, 15) is 5.11 Å². The van der Waals surface area contributed by atoms with Crippen molar-refractivity contribution >= 4 is 0 Å². The molecule has 2 nitrogen and oxygen atoms in total. The highest BCUT2D eigenvalue weighted by atomic mass is 16.3. The number of likely N-dealkylation sites (N-methyl/N-ethyl adjacent to an activating group) is 1. The van der Waals surface area contributed by atoms with Crippen molar-refractivity contribution in [2.24, 2.45) is 11.3 Å². The average molecular weight is 277 g/mol. The predicted octanol–water partition coefficient (Wildman–Crippen LogP) is 3.77. The summed E-state index contributed by atoms with van der Waals surface area (Å²) in [7, 11) is 0. The van der Waals surface area contributed by atoms with Gasteiger partial charge in [-0.1, -0.05) is 38.5 Å². The topological polar surface area (TPSA) is 23.5 Å². The van der Waals surface area contributed by atoms with Crippen LogP contribution in [0.3, 0.4) is 0 Å². The fourth-order valence-corrected chi connectivity index (χ4v) is 4.60. The first kappa shape index (κ1) is 15.8. The SMILES string of the molecule is C=CC[C@@]12C(=CC(N(CC)CC)C[C@@H]1C)CCC[C@@H]2O. The highest BCUT2D eigenvalue weighted by Crippen LogP contribution is 2.53. The molecule has 0 aromatic carbocycles. The standard InChI is InChI=1S/C18H31NO/c1-5-11-18-14(4)12-16(19(6-2)7-3)13-15(18)9-8-10-17(18)20/h5,13-14,16-17,20H,1,6-12H2,2-4H3/t14-,16?,17-,18-/m0/s1. The second-order valence-electron chi connectivity index (χ2n) is 6.56. The first-order valence-corrected chi connectivity index (χ1v) is 8.34. The van der Waals surface area contributed by atoms with Gasteiger partial charge < -0.3 is 5.11 Å². The molecule has 1 saturated carbocycles. The molecule has 0 radical (unpaired) electrons. The summed E-state index contributed by atoms with van der Waals surface area (Å²) in [5, 5.41) is 10.7. The van der Waals surface area contributed by atoms with Gasteiger partial charge >= 0.3 is 0 Å². The molecule has 2 rings (SSSR count). The molecule has 20 heavy (non-hydrogen) atoms. The van der Waals surface area contributed by atoms with Gasteiger partial charge in [0.15, 0.2) is 0 Å². The Labute approximate surface area is 124 Å². The number of aliphatic hydroxyl groups is 1. The zero-order chi connectivity index (χ0) is 14.8. The summed E-state index contributed by atoms with van der Waals surface area (Å²) in [5.74, 6) is 0.529. The molecule has 0 aliphatic heterocycles. The number of hydrogen-bond donors (Lipinski definition) is 1. The minimum absolute atomic E-state index is 0.0242. The molecule has 0 aromatic rings. The van der Waals surface area contributed by atoms with Crippen LogP contribution in [0.5, 0.6) is 0 Å². The molecule has 0 bridgehead atoms. The molecule has 1 unspecified atom stereocenters. The van der Waals surface area contributed by atoms with Crippen LogP contribution in [0.15, 0.2) is 24.3 Å². The molecule has 1 fully saturated rings. The second-order valence-corrected chi connectivity index (χ2v) is 6.56. The van der Waals surface area contributed by atoms with E-state index >= 15 is 0 Å². The molecule has 0 saturated heterocycles. The molecule has 0 spiro atoms. The van der Waals surface area contributed by atoms with Gasteiger partial charge in [-0.05, 0) is 51.1 Å². The second kappa shape index (κ2) is 6.44. The summed E-state index contributed by atoms with van der Waals surface area (Å²) in [6, 6.07) is 0.554. The smallest absolute Gasteiger partial charge is 0.0639 e. The first-order valence-electron chi connectivity index (χ1n) is 8.34. The maximum absolute atomic E-state index is 10.7. The number of aliphatic hydroxyl groups excluding tert-OH is 1. The summed E-state index contributed by atoms with van der Waals surface area (Å²) < 4.78 is 0. The molecule has 2 aliphatic rings. The maximum Gasteiger partial charge on any atom is 0.0639 e. The molecule has 0 amide bonds. The van der Waals surface area contributed by atoms with Crippen molar-refractivity contribution in [3.05, 3.63) is 24.3 Å². The van der Waals surface area contributed by atoms with Crippen LogP contribution in [0, 0.1) is 11.3 Å². The van der Waals surface area contributed by atoms with Crippen molar-refractivity contribution in [2.75, 3.05) is 13.1 Å². The Balaban J connectivity index is 2.36. The van der Waals surface area contributed by atoms with Crippen molar-refractivity contribution in [1.82, 2.24) is 4.90 Å². The first-order chi connectivity index (χ1) is 9.59. The molecule has 114 valence electrons. The molecule has 1 N–H and O–H groups in total. The summed E-state index contributed by atoms with van der Waals surface area (Å²) >= 11 is 0. The van der Waals surface area contributed by atoms with Crippen LogP contribution in [-0.2, 0) is 0 Å². The lowest BCUT2D eigenvalue weighted by molar-refractivity contribution is -0.0250. The van der Waals surface area contributed by atoms with Gasteiger partial charge in [0.25, 0.3) is 0 Å². The third-order valence-corrected chi connectivity index (χ3v) is 5.75.